The minimum atomic E-state index is -0.0770. The average Bonchev–Trinajstić information content (AvgIpc) is 2.94. The molecule has 0 atom stereocenters. The van der Waals surface area contributed by atoms with Crippen molar-refractivity contribution >= 4 is 11.6 Å². The highest BCUT2D eigenvalue weighted by atomic mass is 16.1. The van der Waals surface area contributed by atoms with Gasteiger partial charge in [0.05, 0.1) is 18.1 Å². The van der Waals surface area contributed by atoms with Gasteiger partial charge in [-0.25, -0.2) is 0 Å². The van der Waals surface area contributed by atoms with Crippen molar-refractivity contribution in [3.63, 3.8) is 0 Å². The van der Waals surface area contributed by atoms with Crippen LogP contribution in [0.25, 0.3) is 5.69 Å². The highest BCUT2D eigenvalue weighted by molar-refractivity contribution is 6.03. The summed E-state index contributed by atoms with van der Waals surface area (Å²) >= 11 is 0. The summed E-state index contributed by atoms with van der Waals surface area (Å²) < 4.78 is 0. The first-order chi connectivity index (χ1) is 9.20. The average molecular weight is 256 g/mol. The van der Waals surface area contributed by atoms with E-state index in [1.807, 2.05) is 37.3 Å². The summed E-state index contributed by atoms with van der Waals surface area (Å²) in [5.41, 5.74) is 2.33. The Labute approximate surface area is 111 Å². The summed E-state index contributed by atoms with van der Waals surface area (Å²) in [6, 6.07) is 7.37. The number of rotatable bonds is 4. The van der Waals surface area contributed by atoms with E-state index in [1.54, 1.807) is 19.3 Å². The van der Waals surface area contributed by atoms with Gasteiger partial charge in [0, 0.05) is 11.3 Å². The number of hydrogen-bond acceptors (Lipinski definition) is 3. The normalized spacial score (nSPS) is 11.4. The maximum absolute atomic E-state index is 11.8. The monoisotopic (exact) mass is 256 g/mol. The quantitative estimate of drug-likeness (QED) is 0.855. The summed E-state index contributed by atoms with van der Waals surface area (Å²) in [5.74, 6) is -0.0770. The second kappa shape index (κ2) is 5.95. The first-order valence-corrected chi connectivity index (χ1v) is 6.15. The van der Waals surface area contributed by atoms with Gasteiger partial charge in [-0.05, 0) is 37.6 Å². The summed E-state index contributed by atoms with van der Waals surface area (Å²) in [6.07, 6.45) is 5.99. The molecule has 0 bridgehead atoms. The molecule has 5 nitrogen and oxygen atoms in total. The van der Waals surface area contributed by atoms with Gasteiger partial charge in [0.25, 0.3) is 5.91 Å². The van der Waals surface area contributed by atoms with Crippen LogP contribution in [0.2, 0.25) is 0 Å². The summed E-state index contributed by atoms with van der Waals surface area (Å²) in [5, 5.41) is 10.9. The Balaban J connectivity index is 2.07. The third-order valence-electron chi connectivity index (χ3n) is 2.64. The van der Waals surface area contributed by atoms with Crippen molar-refractivity contribution in [3.05, 3.63) is 48.3 Å². The maximum Gasteiger partial charge on any atom is 0.250 e. The van der Waals surface area contributed by atoms with Gasteiger partial charge in [0.2, 0.25) is 0 Å². The van der Waals surface area contributed by atoms with E-state index in [0.29, 0.717) is 0 Å². The fourth-order valence-corrected chi connectivity index (χ4v) is 1.66. The maximum atomic E-state index is 11.8. The molecular weight excluding hydrogens is 240 g/mol. The number of benzene rings is 1. The van der Waals surface area contributed by atoms with Crippen LogP contribution < -0.4 is 5.32 Å². The molecule has 0 fully saturated rings. The molecule has 0 aliphatic carbocycles. The molecule has 2 aromatic rings. The Morgan fingerprint density at radius 3 is 2.47 bits per heavy atom. The minimum absolute atomic E-state index is 0.0770. The molecule has 0 spiro atoms. The number of aromatic nitrogens is 3. The molecule has 19 heavy (non-hydrogen) atoms. The first kappa shape index (κ1) is 13.0. The van der Waals surface area contributed by atoms with E-state index in [4.69, 9.17) is 0 Å². The van der Waals surface area contributed by atoms with Crippen molar-refractivity contribution in [2.45, 2.75) is 20.3 Å². The lowest BCUT2D eigenvalue weighted by Gasteiger charge is -2.06. The van der Waals surface area contributed by atoms with Crippen LogP contribution in [0.3, 0.4) is 0 Å². The molecule has 0 aliphatic rings. The van der Waals surface area contributed by atoms with Crippen LogP contribution in [-0.4, -0.2) is 20.9 Å². The fourth-order valence-electron chi connectivity index (χ4n) is 1.66. The standard InChI is InChI=1S/C14H16N4O/c1-3-4-11(2)14(19)17-12-5-7-13(8-6-12)18-15-9-10-16-18/h4-10H,3H2,1-2H3,(H,17,19). The van der Waals surface area contributed by atoms with Crippen LogP contribution in [0, 0.1) is 0 Å². The molecule has 0 saturated heterocycles. The second-order valence-electron chi connectivity index (χ2n) is 4.11. The number of carbonyl (C=O) groups excluding carboxylic acids is 1. The zero-order chi connectivity index (χ0) is 13.7. The van der Waals surface area contributed by atoms with Crippen molar-refractivity contribution in [2.75, 3.05) is 5.32 Å². The van der Waals surface area contributed by atoms with Crippen LogP contribution in [-0.2, 0) is 4.79 Å². The lowest BCUT2D eigenvalue weighted by Crippen LogP contribution is -2.12. The van der Waals surface area contributed by atoms with Crippen molar-refractivity contribution in [2.24, 2.45) is 0 Å². The predicted octanol–water partition coefficient (Wildman–Crippen LogP) is 2.56. The van der Waals surface area contributed by atoms with Gasteiger partial charge in [-0.2, -0.15) is 15.0 Å². The SMILES string of the molecule is CCC=C(C)C(=O)Nc1ccc(-n2nccn2)cc1. The van der Waals surface area contributed by atoms with Crippen LogP contribution in [0.1, 0.15) is 20.3 Å². The highest BCUT2D eigenvalue weighted by Crippen LogP contribution is 2.12. The molecule has 1 aromatic carbocycles. The molecule has 0 unspecified atom stereocenters. The van der Waals surface area contributed by atoms with E-state index < -0.39 is 0 Å². The Hall–Kier alpha value is -2.43. The summed E-state index contributed by atoms with van der Waals surface area (Å²) in [6.45, 7) is 3.81. The van der Waals surface area contributed by atoms with Crippen LogP contribution in [0.15, 0.2) is 48.3 Å². The number of amides is 1. The summed E-state index contributed by atoms with van der Waals surface area (Å²) in [7, 11) is 0. The van der Waals surface area contributed by atoms with Crippen LogP contribution in [0.5, 0.6) is 0 Å². The number of nitrogens with zero attached hydrogens (tertiary/aromatic N) is 3. The molecule has 1 heterocycles. The molecule has 5 heteroatoms. The summed E-state index contributed by atoms with van der Waals surface area (Å²) in [4.78, 5) is 13.3. The van der Waals surface area contributed by atoms with Gasteiger partial charge in [-0.15, -0.1) is 0 Å². The molecule has 98 valence electrons. The van der Waals surface area contributed by atoms with Gasteiger partial charge >= 0.3 is 0 Å². The van der Waals surface area contributed by atoms with Crippen molar-refractivity contribution in [1.82, 2.24) is 15.0 Å². The molecule has 1 aromatic heterocycles. The number of hydrogen-bond donors (Lipinski definition) is 1. The van der Waals surface area contributed by atoms with Crippen LogP contribution >= 0.6 is 0 Å². The Morgan fingerprint density at radius 1 is 1.26 bits per heavy atom. The third-order valence-corrected chi connectivity index (χ3v) is 2.64. The number of nitrogens with one attached hydrogen (secondary N) is 1. The third kappa shape index (κ3) is 3.28. The van der Waals surface area contributed by atoms with Crippen molar-refractivity contribution in [1.29, 1.82) is 0 Å². The lowest BCUT2D eigenvalue weighted by molar-refractivity contribution is -0.112. The Kier molecular flexibility index (Phi) is 4.07. The zero-order valence-electron chi connectivity index (χ0n) is 11.0. The molecule has 1 amide bonds. The van der Waals surface area contributed by atoms with E-state index in [0.717, 1.165) is 23.4 Å². The molecule has 0 saturated carbocycles. The van der Waals surface area contributed by atoms with Crippen molar-refractivity contribution < 1.29 is 4.79 Å². The number of carbonyl (C=O) groups is 1. The van der Waals surface area contributed by atoms with E-state index in [1.165, 1.54) is 4.80 Å². The zero-order valence-corrected chi connectivity index (χ0v) is 11.0. The molecule has 0 aliphatic heterocycles. The van der Waals surface area contributed by atoms with Gasteiger partial charge in [0.15, 0.2) is 0 Å². The predicted molar refractivity (Wildman–Crippen MR) is 74.0 cm³/mol. The van der Waals surface area contributed by atoms with Gasteiger partial charge in [-0.1, -0.05) is 13.0 Å². The fraction of sp³-hybridized carbons (Fsp3) is 0.214. The number of allylic oxidation sites excluding steroid dienone is 1. The van der Waals surface area contributed by atoms with E-state index in [-0.39, 0.29) is 5.91 Å². The Bertz CT molecular complexity index is 570. The molecule has 1 N–H and O–H groups in total. The smallest absolute Gasteiger partial charge is 0.250 e. The first-order valence-electron chi connectivity index (χ1n) is 6.15. The van der Waals surface area contributed by atoms with Crippen LogP contribution in [0.4, 0.5) is 5.69 Å². The van der Waals surface area contributed by atoms with Gasteiger partial charge in [0.1, 0.15) is 0 Å². The van der Waals surface area contributed by atoms with E-state index >= 15 is 0 Å². The van der Waals surface area contributed by atoms with Crippen molar-refractivity contribution in [3.8, 4) is 5.69 Å². The molecule has 2 rings (SSSR count). The number of anilines is 1. The lowest BCUT2D eigenvalue weighted by atomic mass is 10.2. The van der Waals surface area contributed by atoms with Gasteiger partial charge in [-0.3, -0.25) is 4.79 Å². The highest BCUT2D eigenvalue weighted by Gasteiger charge is 2.04. The van der Waals surface area contributed by atoms with E-state index in [9.17, 15) is 4.79 Å². The molecule has 0 radical (unpaired) electrons. The largest absolute Gasteiger partial charge is 0.322 e. The van der Waals surface area contributed by atoms with Gasteiger partial charge < -0.3 is 5.32 Å². The topological polar surface area (TPSA) is 59.8 Å². The Morgan fingerprint density at radius 2 is 1.89 bits per heavy atom. The van der Waals surface area contributed by atoms with E-state index in [2.05, 4.69) is 15.5 Å². The second-order valence-corrected chi connectivity index (χ2v) is 4.11. The minimum Gasteiger partial charge on any atom is -0.322 e. The molecular formula is C14H16N4O.